The van der Waals surface area contributed by atoms with Crippen LogP contribution in [0.1, 0.15) is 32.3 Å². The van der Waals surface area contributed by atoms with Gasteiger partial charge in [-0.3, -0.25) is 0 Å². The fourth-order valence-electron chi connectivity index (χ4n) is 1.75. The summed E-state index contributed by atoms with van der Waals surface area (Å²) >= 11 is 0. The zero-order valence-electron chi connectivity index (χ0n) is 10.7. The van der Waals surface area contributed by atoms with Crippen molar-refractivity contribution in [2.75, 3.05) is 0 Å². The molecule has 0 aliphatic carbocycles. The molecule has 0 aliphatic heterocycles. The molecule has 0 saturated heterocycles. The Labute approximate surface area is 111 Å². The van der Waals surface area contributed by atoms with Crippen LogP contribution in [0.4, 0.5) is 4.39 Å². The smallest absolute Gasteiger partial charge is 0.146 e. The van der Waals surface area contributed by atoms with Crippen LogP contribution in [-0.4, -0.2) is 5.71 Å². The van der Waals surface area contributed by atoms with Crippen LogP contribution >= 0.6 is 7.82 Å². The highest BCUT2D eigenvalue weighted by atomic mass is 31.2. The molecule has 106 valence electrons. The van der Waals surface area contributed by atoms with Crippen molar-refractivity contribution in [3.8, 4) is 0 Å². The van der Waals surface area contributed by atoms with Gasteiger partial charge < -0.3 is 19.0 Å². The number of hydrogen-bond donors (Lipinski definition) is 0. The van der Waals surface area contributed by atoms with Crippen LogP contribution in [0.3, 0.4) is 0 Å². The summed E-state index contributed by atoms with van der Waals surface area (Å²) in [4.78, 5) is 21.0. The zero-order valence-corrected chi connectivity index (χ0v) is 11.6. The van der Waals surface area contributed by atoms with Gasteiger partial charge in [0.05, 0.1) is 5.71 Å². The Kier molecular flexibility index (Phi) is 5.66. The first-order valence-electron chi connectivity index (χ1n) is 5.92. The van der Waals surface area contributed by atoms with E-state index >= 15 is 0 Å². The van der Waals surface area contributed by atoms with E-state index in [1.54, 1.807) is 0 Å². The van der Waals surface area contributed by atoms with E-state index in [0.717, 1.165) is 0 Å². The lowest BCUT2D eigenvalue weighted by Crippen LogP contribution is -2.18. The van der Waals surface area contributed by atoms with Crippen LogP contribution in [0.15, 0.2) is 29.4 Å². The number of rotatable bonds is 6. The van der Waals surface area contributed by atoms with E-state index in [9.17, 15) is 18.7 Å². The average Bonchev–Trinajstić information content (AvgIpc) is 2.35. The van der Waals surface area contributed by atoms with Gasteiger partial charge in [0.1, 0.15) is 13.6 Å². The normalized spacial score (nSPS) is 12.8. The highest BCUT2D eigenvalue weighted by Crippen LogP contribution is 2.27. The lowest BCUT2D eigenvalue weighted by molar-refractivity contribution is -0.341. The predicted molar refractivity (Wildman–Crippen MR) is 65.7 cm³/mol. The molecular formula is C12H15FNO4P-2. The van der Waals surface area contributed by atoms with E-state index in [-0.39, 0.29) is 5.92 Å². The van der Waals surface area contributed by atoms with Gasteiger partial charge in [-0.25, -0.2) is 4.39 Å². The van der Waals surface area contributed by atoms with Crippen molar-refractivity contribution in [3.05, 3.63) is 35.6 Å². The summed E-state index contributed by atoms with van der Waals surface area (Å²) in [5.41, 5.74) is 0.862. The molecule has 0 amide bonds. The number of halogens is 1. The molecule has 0 atom stereocenters. The van der Waals surface area contributed by atoms with E-state index < -0.39 is 13.6 Å². The maximum atomic E-state index is 12.9. The number of hydrogen-bond acceptors (Lipinski definition) is 5. The first-order valence-corrected chi connectivity index (χ1v) is 7.38. The van der Waals surface area contributed by atoms with Crippen LogP contribution in [0.2, 0.25) is 0 Å². The second-order valence-electron chi connectivity index (χ2n) is 4.03. The lowest BCUT2D eigenvalue weighted by Gasteiger charge is -2.26. The summed E-state index contributed by atoms with van der Waals surface area (Å²) in [6.07, 6.45) is 1.39. The van der Waals surface area contributed by atoms with Crippen molar-refractivity contribution >= 4 is 13.5 Å². The molecule has 5 nitrogen and oxygen atoms in total. The SMILES string of the molecule is CCC(CC)C(=NOP(=O)([O-])[O-])c1ccc(F)cc1. The Bertz CT molecular complexity index is 479. The van der Waals surface area contributed by atoms with Crippen molar-refractivity contribution in [1.29, 1.82) is 0 Å². The Morgan fingerprint density at radius 1 is 1.32 bits per heavy atom. The van der Waals surface area contributed by atoms with Crippen LogP contribution in [0, 0.1) is 11.7 Å². The monoisotopic (exact) mass is 287 g/mol. The summed E-state index contributed by atoms with van der Waals surface area (Å²) < 4.78 is 27.4. The number of phosphoric acid groups is 1. The Morgan fingerprint density at radius 2 is 1.84 bits per heavy atom. The standard InChI is InChI=1S/C12H17FNO4P/c1-3-9(4-2)12(14-18-19(15,16)17)10-5-7-11(13)8-6-10/h5-9H,3-4H2,1-2H3,(H2,15,16,17)/p-2. The van der Waals surface area contributed by atoms with Crippen LogP contribution in [-0.2, 0) is 9.19 Å². The van der Waals surface area contributed by atoms with Crippen molar-refractivity contribution in [2.45, 2.75) is 26.7 Å². The van der Waals surface area contributed by atoms with Crippen LogP contribution in [0.5, 0.6) is 0 Å². The summed E-state index contributed by atoms with van der Waals surface area (Å²) in [5.74, 6) is -0.483. The molecular weight excluding hydrogens is 272 g/mol. The zero-order chi connectivity index (χ0) is 14.5. The molecule has 0 radical (unpaired) electrons. The molecule has 0 spiro atoms. The van der Waals surface area contributed by atoms with Gasteiger partial charge in [-0.2, -0.15) is 0 Å². The summed E-state index contributed by atoms with van der Waals surface area (Å²) in [7, 11) is -5.17. The highest BCUT2D eigenvalue weighted by molar-refractivity contribution is 7.43. The molecule has 1 aromatic carbocycles. The van der Waals surface area contributed by atoms with Crippen molar-refractivity contribution in [2.24, 2.45) is 11.1 Å². The fourth-order valence-corrected chi connectivity index (χ4v) is 1.94. The molecule has 0 fully saturated rings. The lowest BCUT2D eigenvalue weighted by atomic mass is 9.92. The molecule has 0 aromatic heterocycles. The summed E-state index contributed by atoms with van der Waals surface area (Å²) in [5, 5.41) is 3.44. The molecule has 0 aliphatic rings. The van der Waals surface area contributed by atoms with Crippen molar-refractivity contribution in [1.82, 2.24) is 0 Å². The van der Waals surface area contributed by atoms with E-state index in [2.05, 4.69) is 9.78 Å². The average molecular weight is 287 g/mol. The number of benzene rings is 1. The quantitative estimate of drug-likeness (QED) is 0.453. The number of oxime groups is 1. The second-order valence-corrected chi connectivity index (χ2v) is 5.08. The first kappa shape index (κ1) is 15.8. The molecule has 1 rings (SSSR count). The third-order valence-electron chi connectivity index (χ3n) is 2.75. The van der Waals surface area contributed by atoms with Gasteiger partial charge >= 0.3 is 0 Å². The minimum Gasteiger partial charge on any atom is -0.778 e. The molecule has 0 N–H and O–H groups in total. The van der Waals surface area contributed by atoms with E-state index in [1.807, 2.05) is 13.8 Å². The van der Waals surface area contributed by atoms with Gasteiger partial charge in [0.25, 0.3) is 0 Å². The molecule has 0 unspecified atom stereocenters. The van der Waals surface area contributed by atoms with Gasteiger partial charge in [-0.05, 0) is 30.5 Å². The van der Waals surface area contributed by atoms with Crippen LogP contribution in [0.25, 0.3) is 0 Å². The minimum atomic E-state index is -5.17. The van der Waals surface area contributed by atoms with E-state index in [4.69, 9.17) is 0 Å². The maximum absolute atomic E-state index is 12.9. The van der Waals surface area contributed by atoms with Gasteiger partial charge in [0.2, 0.25) is 0 Å². The van der Waals surface area contributed by atoms with Crippen LogP contribution < -0.4 is 9.79 Å². The Hall–Kier alpha value is -1.23. The predicted octanol–water partition coefficient (Wildman–Crippen LogP) is 1.81. The van der Waals surface area contributed by atoms with Crippen molar-refractivity contribution in [3.63, 3.8) is 0 Å². The van der Waals surface area contributed by atoms with Gasteiger partial charge in [0.15, 0.2) is 0 Å². The third-order valence-corrected chi connectivity index (χ3v) is 3.03. The molecule has 7 heteroatoms. The van der Waals surface area contributed by atoms with Gasteiger partial charge in [0, 0.05) is 5.92 Å². The summed E-state index contributed by atoms with van der Waals surface area (Å²) in [6, 6.07) is 5.41. The molecule has 19 heavy (non-hydrogen) atoms. The largest absolute Gasteiger partial charge is 0.778 e. The third kappa shape index (κ3) is 5.11. The molecule has 1 aromatic rings. The van der Waals surface area contributed by atoms with E-state index in [1.165, 1.54) is 24.3 Å². The molecule has 0 saturated carbocycles. The highest BCUT2D eigenvalue weighted by Gasteiger charge is 2.15. The van der Waals surface area contributed by atoms with Gasteiger partial charge in [-0.15, -0.1) is 0 Å². The minimum absolute atomic E-state index is 0.0722. The maximum Gasteiger partial charge on any atom is 0.146 e. The Balaban J connectivity index is 3.11. The Morgan fingerprint density at radius 3 is 2.26 bits per heavy atom. The second kappa shape index (κ2) is 6.80. The topological polar surface area (TPSA) is 84.8 Å². The van der Waals surface area contributed by atoms with Gasteiger partial charge in [-0.1, -0.05) is 31.1 Å². The summed E-state index contributed by atoms with van der Waals surface area (Å²) in [6.45, 7) is 3.81. The fraction of sp³-hybridized carbons (Fsp3) is 0.417. The molecule has 0 heterocycles. The first-order chi connectivity index (χ1) is 8.87. The van der Waals surface area contributed by atoms with Crippen molar-refractivity contribution < 1.29 is 23.4 Å². The number of nitrogens with zero attached hydrogens (tertiary/aromatic N) is 1. The van der Waals surface area contributed by atoms with E-state index in [0.29, 0.717) is 24.1 Å². The molecule has 0 bridgehead atoms.